The quantitative estimate of drug-likeness (QED) is 0.633. The standard InChI is InChI=1S/C20H34O4Si/c1-8-16(21)13-17(22)14-19(24-25(6,7)20(2,3)4)15-9-11-18(23-5)12-10-15/h9-12,16,19,21H,8,13-14H2,1-7H3/t16-,19-/m0/s1. The Morgan fingerprint density at radius 3 is 2.16 bits per heavy atom. The van der Waals surface area contributed by atoms with Crippen molar-refractivity contribution < 1.29 is 19.1 Å². The molecule has 0 fully saturated rings. The molecular weight excluding hydrogens is 332 g/mol. The Morgan fingerprint density at radius 2 is 1.72 bits per heavy atom. The first-order valence-electron chi connectivity index (χ1n) is 9.01. The minimum atomic E-state index is -2.03. The van der Waals surface area contributed by atoms with Crippen molar-refractivity contribution in [3.63, 3.8) is 0 Å². The SMILES string of the molecule is CC[C@H](O)CC(=O)C[C@H](O[Si](C)(C)C(C)(C)C)c1ccc(OC)cc1. The van der Waals surface area contributed by atoms with E-state index in [1.165, 1.54) is 0 Å². The molecule has 2 atom stereocenters. The monoisotopic (exact) mass is 366 g/mol. The molecule has 0 radical (unpaired) electrons. The van der Waals surface area contributed by atoms with Gasteiger partial charge >= 0.3 is 0 Å². The van der Waals surface area contributed by atoms with Crippen LogP contribution in [0.2, 0.25) is 18.1 Å². The summed E-state index contributed by atoms with van der Waals surface area (Å²) >= 11 is 0. The third-order valence-corrected chi connectivity index (χ3v) is 9.56. The smallest absolute Gasteiger partial charge is 0.192 e. The van der Waals surface area contributed by atoms with Crippen LogP contribution in [0.3, 0.4) is 0 Å². The van der Waals surface area contributed by atoms with E-state index >= 15 is 0 Å². The average molecular weight is 367 g/mol. The number of ketones is 1. The molecule has 0 aliphatic rings. The largest absolute Gasteiger partial charge is 0.497 e. The minimum absolute atomic E-state index is 0.0360. The fourth-order valence-corrected chi connectivity index (χ4v) is 3.56. The first kappa shape index (κ1) is 21.9. The number of aliphatic hydroxyl groups is 1. The zero-order chi connectivity index (χ0) is 19.3. The van der Waals surface area contributed by atoms with E-state index in [4.69, 9.17) is 9.16 Å². The zero-order valence-corrected chi connectivity index (χ0v) is 17.8. The number of carbonyl (C=O) groups is 1. The molecule has 0 bridgehead atoms. The fraction of sp³-hybridized carbons (Fsp3) is 0.650. The van der Waals surface area contributed by atoms with E-state index in [2.05, 4.69) is 33.9 Å². The van der Waals surface area contributed by atoms with Crippen molar-refractivity contribution in [1.82, 2.24) is 0 Å². The van der Waals surface area contributed by atoms with Crippen molar-refractivity contribution in [1.29, 1.82) is 0 Å². The Hall–Kier alpha value is -1.17. The van der Waals surface area contributed by atoms with Crippen LogP contribution in [0, 0.1) is 0 Å². The van der Waals surface area contributed by atoms with Gasteiger partial charge in [-0.3, -0.25) is 4.79 Å². The van der Waals surface area contributed by atoms with E-state index < -0.39 is 14.4 Å². The lowest BCUT2D eigenvalue weighted by Gasteiger charge is -2.39. The maximum absolute atomic E-state index is 12.4. The lowest BCUT2D eigenvalue weighted by Crippen LogP contribution is -2.42. The van der Waals surface area contributed by atoms with Crippen LogP contribution in [0.1, 0.15) is 58.6 Å². The van der Waals surface area contributed by atoms with Gasteiger partial charge in [0.05, 0.1) is 19.3 Å². The van der Waals surface area contributed by atoms with E-state index in [9.17, 15) is 9.90 Å². The van der Waals surface area contributed by atoms with E-state index in [1.807, 2.05) is 31.2 Å². The molecule has 5 heteroatoms. The summed E-state index contributed by atoms with van der Waals surface area (Å²) in [5.41, 5.74) is 0.977. The number of aliphatic hydroxyl groups excluding tert-OH is 1. The molecule has 142 valence electrons. The van der Waals surface area contributed by atoms with Gasteiger partial charge in [0, 0.05) is 12.8 Å². The number of carbonyl (C=O) groups excluding carboxylic acids is 1. The lowest BCUT2D eigenvalue weighted by atomic mass is 10.0. The Balaban J connectivity index is 3.02. The molecule has 1 rings (SSSR count). The molecule has 0 heterocycles. The summed E-state index contributed by atoms with van der Waals surface area (Å²) in [5.74, 6) is 0.816. The molecule has 0 amide bonds. The van der Waals surface area contributed by atoms with Crippen LogP contribution < -0.4 is 4.74 Å². The minimum Gasteiger partial charge on any atom is -0.497 e. The maximum Gasteiger partial charge on any atom is 0.192 e. The van der Waals surface area contributed by atoms with Gasteiger partial charge in [0.2, 0.25) is 0 Å². The van der Waals surface area contributed by atoms with E-state index in [-0.39, 0.29) is 29.8 Å². The maximum atomic E-state index is 12.4. The third-order valence-electron chi connectivity index (χ3n) is 5.08. The second kappa shape index (κ2) is 8.97. The predicted molar refractivity (Wildman–Crippen MR) is 105 cm³/mol. The van der Waals surface area contributed by atoms with E-state index in [0.29, 0.717) is 6.42 Å². The van der Waals surface area contributed by atoms with Crippen LogP contribution in [-0.4, -0.2) is 32.4 Å². The fourth-order valence-electron chi connectivity index (χ4n) is 2.28. The summed E-state index contributed by atoms with van der Waals surface area (Å²) in [5, 5.41) is 9.83. The summed E-state index contributed by atoms with van der Waals surface area (Å²) in [7, 11) is -0.401. The number of rotatable bonds is 9. The van der Waals surface area contributed by atoms with Crippen LogP contribution in [0.25, 0.3) is 0 Å². The van der Waals surface area contributed by atoms with Crippen molar-refractivity contribution in [2.24, 2.45) is 0 Å². The molecule has 0 aliphatic heterocycles. The molecule has 1 N–H and O–H groups in total. The van der Waals surface area contributed by atoms with Gasteiger partial charge in [-0.2, -0.15) is 0 Å². The Labute approximate surface area is 153 Å². The first-order chi connectivity index (χ1) is 11.5. The third kappa shape index (κ3) is 6.57. The highest BCUT2D eigenvalue weighted by Gasteiger charge is 2.39. The van der Waals surface area contributed by atoms with Crippen LogP contribution in [0.4, 0.5) is 0 Å². The molecule has 0 saturated heterocycles. The molecule has 0 saturated carbocycles. The number of methoxy groups -OCH3 is 1. The van der Waals surface area contributed by atoms with Crippen molar-refractivity contribution in [2.75, 3.05) is 7.11 Å². The van der Waals surface area contributed by atoms with E-state index in [1.54, 1.807) is 7.11 Å². The number of hydrogen-bond acceptors (Lipinski definition) is 4. The topological polar surface area (TPSA) is 55.8 Å². The summed E-state index contributed by atoms with van der Waals surface area (Å²) in [6.45, 7) is 12.8. The van der Waals surface area contributed by atoms with Gasteiger partial charge in [-0.15, -0.1) is 0 Å². The number of Topliss-reactive ketones (excluding diaryl/α,β-unsaturated/α-hetero) is 1. The normalized spacial score (nSPS) is 14.9. The molecule has 0 aromatic heterocycles. The Morgan fingerprint density at radius 1 is 1.16 bits per heavy atom. The molecular formula is C20H34O4Si. The second-order valence-electron chi connectivity index (χ2n) is 8.15. The summed E-state index contributed by atoms with van der Waals surface area (Å²) in [4.78, 5) is 12.4. The van der Waals surface area contributed by atoms with Crippen molar-refractivity contribution in [3.05, 3.63) is 29.8 Å². The molecule has 1 aromatic carbocycles. The summed E-state index contributed by atoms with van der Waals surface area (Å²) in [6.07, 6.45) is 0.197. The molecule has 0 aliphatic carbocycles. The predicted octanol–water partition coefficient (Wildman–Crippen LogP) is 4.88. The van der Waals surface area contributed by atoms with Gasteiger partial charge in [0.1, 0.15) is 11.5 Å². The highest BCUT2D eigenvalue weighted by molar-refractivity contribution is 6.74. The Kier molecular flexibility index (Phi) is 7.84. The highest BCUT2D eigenvalue weighted by atomic mass is 28.4. The molecule has 25 heavy (non-hydrogen) atoms. The van der Waals surface area contributed by atoms with Crippen molar-refractivity contribution in [2.45, 2.75) is 77.3 Å². The summed E-state index contributed by atoms with van der Waals surface area (Å²) < 4.78 is 11.8. The molecule has 0 unspecified atom stereocenters. The first-order valence-corrected chi connectivity index (χ1v) is 11.9. The van der Waals surface area contributed by atoms with Gasteiger partial charge in [0.25, 0.3) is 0 Å². The summed E-state index contributed by atoms with van der Waals surface area (Å²) in [6, 6.07) is 7.70. The van der Waals surface area contributed by atoms with Crippen LogP contribution in [0.5, 0.6) is 5.75 Å². The van der Waals surface area contributed by atoms with Gasteiger partial charge in [-0.25, -0.2) is 0 Å². The van der Waals surface area contributed by atoms with Crippen molar-refractivity contribution >= 4 is 14.1 Å². The zero-order valence-electron chi connectivity index (χ0n) is 16.8. The molecule has 4 nitrogen and oxygen atoms in total. The van der Waals surface area contributed by atoms with Crippen LogP contribution in [0.15, 0.2) is 24.3 Å². The van der Waals surface area contributed by atoms with Crippen molar-refractivity contribution in [3.8, 4) is 5.75 Å². The second-order valence-corrected chi connectivity index (χ2v) is 12.9. The van der Waals surface area contributed by atoms with Gasteiger partial charge < -0.3 is 14.3 Å². The van der Waals surface area contributed by atoms with Gasteiger partial charge in [0.15, 0.2) is 8.32 Å². The van der Waals surface area contributed by atoms with Gasteiger partial charge in [-0.1, -0.05) is 39.8 Å². The number of hydrogen-bond donors (Lipinski definition) is 1. The molecule has 0 spiro atoms. The van der Waals surface area contributed by atoms with Crippen LogP contribution >= 0.6 is 0 Å². The lowest BCUT2D eigenvalue weighted by molar-refractivity contribution is -0.122. The average Bonchev–Trinajstić information content (AvgIpc) is 2.52. The van der Waals surface area contributed by atoms with E-state index in [0.717, 1.165) is 11.3 Å². The highest BCUT2D eigenvalue weighted by Crippen LogP contribution is 2.40. The van der Waals surface area contributed by atoms with Gasteiger partial charge in [-0.05, 0) is 42.2 Å². The number of ether oxygens (including phenoxy) is 1. The van der Waals surface area contributed by atoms with Crippen LogP contribution in [-0.2, 0) is 9.22 Å². The Bertz CT molecular complexity index is 546. The molecule has 1 aromatic rings. The number of benzene rings is 1.